The van der Waals surface area contributed by atoms with Gasteiger partial charge in [0.15, 0.2) is 11.5 Å². The fraction of sp³-hybridized carbons (Fsp3) is 0.417. The van der Waals surface area contributed by atoms with E-state index in [0.717, 1.165) is 42.1 Å². The van der Waals surface area contributed by atoms with E-state index in [-0.39, 0.29) is 12.4 Å². The van der Waals surface area contributed by atoms with Crippen molar-refractivity contribution < 1.29 is 9.47 Å². The first-order valence-corrected chi connectivity index (χ1v) is 9.99. The summed E-state index contributed by atoms with van der Waals surface area (Å²) in [4.78, 5) is 0. The van der Waals surface area contributed by atoms with Crippen molar-refractivity contribution in [2.24, 2.45) is 0 Å². The minimum atomic E-state index is 0. The summed E-state index contributed by atoms with van der Waals surface area (Å²) in [5, 5.41) is 3.57. The lowest BCUT2D eigenvalue weighted by Crippen LogP contribution is -2.16. The number of para-hydroxylation sites is 1. The standard InChI is InChI=1S/C24H31NO2.ClH/c1-19-11-13-21(14-12-19)18-27-24-22(9-6-10-23(24)26-2)17-25-16-15-20-7-4-3-5-8-20;/h6-7,9-14,25H,3-5,8,15-18H2,1-2H3;1H. The Bertz CT molecular complexity index is 756. The Labute approximate surface area is 175 Å². The molecule has 0 atom stereocenters. The van der Waals surface area contributed by atoms with Gasteiger partial charge in [-0.1, -0.05) is 53.6 Å². The van der Waals surface area contributed by atoms with Crippen LogP contribution in [0.15, 0.2) is 54.1 Å². The number of allylic oxidation sites excluding steroid dienone is 1. The summed E-state index contributed by atoms with van der Waals surface area (Å²) in [6.07, 6.45) is 8.78. The second-order valence-electron chi connectivity index (χ2n) is 7.26. The third-order valence-electron chi connectivity index (χ3n) is 5.11. The first kappa shape index (κ1) is 22.3. The second kappa shape index (κ2) is 11.8. The molecule has 1 aliphatic carbocycles. The molecule has 0 aliphatic heterocycles. The molecule has 0 radical (unpaired) electrons. The zero-order chi connectivity index (χ0) is 18.9. The molecular weight excluding hydrogens is 370 g/mol. The Balaban J connectivity index is 0.00000280. The van der Waals surface area contributed by atoms with Gasteiger partial charge in [0.1, 0.15) is 6.61 Å². The van der Waals surface area contributed by atoms with E-state index in [4.69, 9.17) is 9.47 Å². The van der Waals surface area contributed by atoms with E-state index in [2.05, 4.69) is 48.6 Å². The van der Waals surface area contributed by atoms with Gasteiger partial charge in [0.2, 0.25) is 0 Å². The molecule has 3 rings (SSSR count). The van der Waals surface area contributed by atoms with Gasteiger partial charge in [0.25, 0.3) is 0 Å². The number of methoxy groups -OCH3 is 1. The Kier molecular flexibility index (Phi) is 9.39. The zero-order valence-electron chi connectivity index (χ0n) is 17.0. The fourth-order valence-electron chi connectivity index (χ4n) is 3.47. The van der Waals surface area contributed by atoms with Crippen LogP contribution in [0, 0.1) is 6.92 Å². The van der Waals surface area contributed by atoms with Gasteiger partial charge in [0, 0.05) is 12.1 Å². The van der Waals surface area contributed by atoms with Crippen LogP contribution >= 0.6 is 12.4 Å². The van der Waals surface area contributed by atoms with Crippen molar-refractivity contribution in [2.45, 2.75) is 52.2 Å². The number of aryl methyl sites for hydroxylation is 1. The van der Waals surface area contributed by atoms with Crippen LogP contribution in [0.1, 0.15) is 48.8 Å². The van der Waals surface area contributed by atoms with Crippen LogP contribution in [0.4, 0.5) is 0 Å². The molecule has 0 fully saturated rings. The van der Waals surface area contributed by atoms with E-state index in [9.17, 15) is 0 Å². The van der Waals surface area contributed by atoms with Crippen molar-refractivity contribution >= 4 is 12.4 Å². The maximum atomic E-state index is 6.16. The van der Waals surface area contributed by atoms with Crippen molar-refractivity contribution in [1.82, 2.24) is 5.32 Å². The predicted molar refractivity (Wildman–Crippen MR) is 119 cm³/mol. The van der Waals surface area contributed by atoms with Crippen LogP contribution in [0.3, 0.4) is 0 Å². The molecular formula is C24H32ClNO2. The molecule has 0 amide bonds. The van der Waals surface area contributed by atoms with Crippen LogP contribution in [0.5, 0.6) is 11.5 Å². The quantitative estimate of drug-likeness (QED) is 0.413. The van der Waals surface area contributed by atoms with Crippen LogP contribution < -0.4 is 14.8 Å². The maximum absolute atomic E-state index is 6.16. The summed E-state index contributed by atoms with van der Waals surface area (Å²) in [6, 6.07) is 14.5. The van der Waals surface area contributed by atoms with E-state index in [0.29, 0.717) is 6.61 Å². The Morgan fingerprint density at radius 3 is 2.57 bits per heavy atom. The SMILES string of the molecule is COc1cccc(CNCCC2=CCCCC2)c1OCc1ccc(C)cc1.Cl. The lowest BCUT2D eigenvalue weighted by Gasteiger charge is -2.16. The topological polar surface area (TPSA) is 30.5 Å². The van der Waals surface area contributed by atoms with Crippen LogP contribution in [0.25, 0.3) is 0 Å². The van der Waals surface area contributed by atoms with Crippen molar-refractivity contribution in [3.05, 3.63) is 70.8 Å². The highest BCUT2D eigenvalue weighted by Crippen LogP contribution is 2.32. The molecule has 0 aromatic heterocycles. The molecule has 0 spiro atoms. The minimum absolute atomic E-state index is 0. The molecule has 4 heteroatoms. The molecule has 3 nitrogen and oxygen atoms in total. The van der Waals surface area contributed by atoms with Gasteiger partial charge in [0.05, 0.1) is 7.11 Å². The van der Waals surface area contributed by atoms with Gasteiger partial charge in [-0.3, -0.25) is 0 Å². The summed E-state index contributed by atoms with van der Waals surface area (Å²) in [6.45, 7) is 4.42. The van der Waals surface area contributed by atoms with Crippen LogP contribution in [-0.2, 0) is 13.2 Å². The van der Waals surface area contributed by atoms with Crippen molar-refractivity contribution in [1.29, 1.82) is 0 Å². The number of benzene rings is 2. The predicted octanol–water partition coefficient (Wildman–Crippen LogP) is 5.98. The molecule has 1 N–H and O–H groups in total. The number of halogens is 1. The normalized spacial score (nSPS) is 13.4. The highest BCUT2D eigenvalue weighted by molar-refractivity contribution is 5.85. The Morgan fingerprint density at radius 1 is 1.04 bits per heavy atom. The Morgan fingerprint density at radius 2 is 1.86 bits per heavy atom. The van der Waals surface area contributed by atoms with Crippen molar-refractivity contribution in [3.63, 3.8) is 0 Å². The van der Waals surface area contributed by atoms with E-state index >= 15 is 0 Å². The number of rotatable bonds is 9. The van der Waals surface area contributed by atoms with Gasteiger partial charge in [-0.15, -0.1) is 12.4 Å². The van der Waals surface area contributed by atoms with Crippen molar-refractivity contribution in [2.75, 3.05) is 13.7 Å². The lowest BCUT2D eigenvalue weighted by atomic mass is 9.97. The average Bonchev–Trinajstić information content (AvgIpc) is 2.72. The largest absolute Gasteiger partial charge is 0.493 e. The first-order valence-electron chi connectivity index (χ1n) is 9.99. The average molecular weight is 402 g/mol. The molecule has 0 heterocycles. The molecule has 2 aromatic carbocycles. The highest BCUT2D eigenvalue weighted by atomic mass is 35.5. The lowest BCUT2D eigenvalue weighted by molar-refractivity contribution is 0.280. The molecule has 1 aliphatic rings. The van der Waals surface area contributed by atoms with E-state index in [1.165, 1.54) is 31.2 Å². The third-order valence-corrected chi connectivity index (χ3v) is 5.11. The first-order chi connectivity index (χ1) is 13.3. The maximum Gasteiger partial charge on any atom is 0.166 e. The van der Waals surface area contributed by atoms with E-state index in [1.54, 1.807) is 12.7 Å². The minimum Gasteiger partial charge on any atom is -0.493 e. The molecule has 0 unspecified atom stereocenters. The summed E-state index contributed by atoms with van der Waals surface area (Å²) in [5.41, 5.74) is 5.16. The number of nitrogens with one attached hydrogen (secondary N) is 1. The van der Waals surface area contributed by atoms with Gasteiger partial charge in [-0.25, -0.2) is 0 Å². The van der Waals surface area contributed by atoms with Gasteiger partial charge >= 0.3 is 0 Å². The molecule has 0 saturated carbocycles. The Hall–Kier alpha value is -1.97. The molecule has 0 bridgehead atoms. The number of ether oxygens (including phenoxy) is 2. The molecule has 0 saturated heterocycles. The molecule has 2 aromatic rings. The van der Waals surface area contributed by atoms with E-state index in [1.807, 2.05) is 12.1 Å². The van der Waals surface area contributed by atoms with Gasteiger partial charge < -0.3 is 14.8 Å². The van der Waals surface area contributed by atoms with E-state index < -0.39 is 0 Å². The molecule has 28 heavy (non-hydrogen) atoms. The highest BCUT2D eigenvalue weighted by Gasteiger charge is 2.11. The summed E-state index contributed by atoms with van der Waals surface area (Å²) in [5.74, 6) is 1.63. The number of hydrogen-bond donors (Lipinski definition) is 1. The second-order valence-corrected chi connectivity index (χ2v) is 7.26. The van der Waals surface area contributed by atoms with Gasteiger partial charge in [-0.2, -0.15) is 0 Å². The van der Waals surface area contributed by atoms with Crippen LogP contribution in [0.2, 0.25) is 0 Å². The number of hydrogen-bond acceptors (Lipinski definition) is 3. The summed E-state index contributed by atoms with van der Waals surface area (Å²) < 4.78 is 11.7. The third kappa shape index (κ3) is 6.57. The zero-order valence-corrected chi connectivity index (χ0v) is 17.8. The monoisotopic (exact) mass is 401 g/mol. The molecule has 152 valence electrons. The fourth-order valence-corrected chi connectivity index (χ4v) is 3.47. The van der Waals surface area contributed by atoms with Crippen LogP contribution in [-0.4, -0.2) is 13.7 Å². The summed E-state index contributed by atoms with van der Waals surface area (Å²) in [7, 11) is 1.70. The smallest absolute Gasteiger partial charge is 0.166 e. The van der Waals surface area contributed by atoms with Crippen molar-refractivity contribution in [3.8, 4) is 11.5 Å². The van der Waals surface area contributed by atoms with Gasteiger partial charge in [-0.05, 0) is 57.2 Å². The summed E-state index contributed by atoms with van der Waals surface area (Å²) >= 11 is 0.